The fraction of sp³-hybridized carbons (Fsp3) is 0.231. The van der Waals surface area contributed by atoms with Crippen LogP contribution in [0.15, 0.2) is 23.6 Å². The molecule has 0 saturated carbocycles. The van der Waals surface area contributed by atoms with Gasteiger partial charge in [-0.3, -0.25) is 10.1 Å². The van der Waals surface area contributed by atoms with Gasteiger partial charge in [0.15, 0.2) is 10.8 Å². The van der Waals surface area contributed by atoms with Gasteiger partial charge in [0, 0.05) is 10.9 Å². The standard InChI is InChI=1S/C13H11F3N2O2S/c1-7-3-4-8(5-9(7)20-2)11(19)18-12-17-10(6-21-12)13(14,15)16/h3-6H,1-2H3,(H,17,18,19). The van der Waals surface area contributed by atoms with Crippen LogP contribution in [0.1, 0.15) is 21.6 Å². The molecular weight excluding hydrogens is 305 g/mol. The van der Waals surface area contributed by atoms with E-state index >= 15 is 0 Å². The van der Waals surface area contributed by atoms with Gasteiger partial charge in [-0.25, -0.2) is 4.98 Å². The van der Waals surface area contributed by atoms with Crippen LogP contribution in [0.25, 0.3) is 0 Å². The van der Waals surface area contributed by atoms with Gasteiger partial charge in [0.2, 0.25) is 0 Å². The lowest BCUT2D eigenvalue weighted by atomic mass is 10.1. The zero-order chi connectivity index (χ0) is 15.6. The third-order valence-corrected chi connectivity index (χ3v) is 3.44. The molecule has 1 amide bonds. The van der Waals surface area contributed by atoms with Crippen molar-refractivity contribution < 1.29 is 22.7 Å². The van der Waals surface area contributed by atoms with Crippen LogP contribution < -0.4 is 10.1 Å². The molecule has 0 spiro atoms. The third-order valence-electron chi connectivity index (χ3n) is 2.69. The fourth-order valence-electron chi connectivity index (χ4n) is 1.59. The first-order chi connectivity index (χ1) is 9.81. The Morgan fingerprint density at radius 1 is 1.38 bits per heavy atom. The second kappa shape index (κ2) is 5.72. The summed E-state index contributed by atoms with van der Waals surface area (Å²) in [6.45, 7) is 1.82. The number of hydrogen-bond acceptors (Lipinski definition) is 4. The quantitative estimate of drug-likeness (QED) is 0.938. The number of thiazole rings is 1. The number of carbonyl (C=O) groups is 1. The number of benzene rings is 1. The predicted octanol–water partition coefficient (Wildman–Crippen LogP) is 3.73. The van der Waals surface area contributed by atoms with Gasteiger partial charge in [-0.15, -0.1) is 11.3 Å². The molecule has 2 aromatic rings. The third kappa shape index (κ3) is 3.52. The summed E-state index contributed by atoms with van der Waals surface area (Å²) in [5.41, 5.74) is 0.105. The lowest BCUT2D eigenvalue weighted by Crippen LogP contribution is -2.13. The number of nitrogens with one attached hydrogen (secondary N) is 1. The normalized spacial score (nSPS) is 11.3. The molecule has 1 aromatic heterocycles. The molecule has 1 aromatic carbocycles. The van der Waals surface area contributed by atoms with Crippen molar-refractivity contribution in [1.82, 2.24) is 4.98 Å². The van der Waals surface area contributed by atoms with E-state index in [-0.39, 0.29) is 10.7 Å². The van der Waals surface area contributed by atoms with Crippen LogP contribution >= 0.6 is 11.3 Å². The average molecular weight is 316 g/mol. The Bertz CT molecular complexity index is 668. The second-order valence-electron chi connectivity index (χ2n) is 4.17. The zero-order valence-corrected chi connectivity index (χ0v) is 11.9. The molecule has 0 aliphatic carbocycles. The molecule has 0 aliphatic rings. The molecule has 1 heterocycles. The van der Waals surface area contributed by atoms with Crippen molar-refractivity contribution >= 4 is 22.4 Å². The van der Waals surface area contributed by atoms with Gasteiger partial charge in [-0.1, -0.05) is 6.07 Å². The lowest BCUT2D eigenvalue weighted by Gasteiger charge is -2.07. The van der Waals surface area contributed by atoms with Crippen LogP contribution in [0, 0.1) is 6.92 Å². The monoisotopic (exact) mass is 316 g/mol. The van der Waals surface area contributed by atoms with Crippen molar-refractivity contribution in [1.29, 1.82) is 0 Å². The number of aromatic nitrogens is 1. The van der Waals surface area contributed by atoms with Gasteiger partial charge in [-0.05, 0) is 24.6 Å². The molecule has 21 heavy (non-hydrogen) atoms. The van der Waals surface area contributed by atoms with E-state index in [2.05, 4.69) is 10.3 Å². The number of alkyl halides is 3. The number of carbonyl (C=O) groups excluding carboxylic acids is 1. The van der Waals surface area contributed by atoms with E-state index in [0.29, 0.717) is 5.75 Å². The summed E-state index contributed by atoms with van der Waals surface area (Å²) in [5, 5.41) is 3.08. The predicted molar refractivity (Wildman–Crippen MR) is 72.8 cm³/mol. The van der Waals surface area contributed by atoms with Crippen molar-refractivity contribution in [3.05, 3.63) is 40.4 Å². The minimum atomic E-state index is -4.52. The smallest absolute Gasteiger partial charge is 0.434 e. The van der Waals surface area contributed by atoms with E-state index in [1.165, 1.54) is 13.2 Å². The van der Waals surface area contributed by atoms with E-state index in [0.717, 1.165) is 22.3 Å². The maximum Gasteiger partial charge on any atom is 0.434 e. The molecule has 4 nitrogen and oxygen atoms in total. The molecule has 0 fully saturated rings. The Morgan fingerprint density at radius 2 is 2.10 bits per heavy atom. The number of amides is 1. The number of ether oxygens (including phenoxy) is 1. The van der Waals surface area contributed by atoms with Crippen LogP contribution in [-0.4, -0.2) is 18.0 Å². The Hall–Kier alpha value is -2.09. The molecule has 0 saturated heterocycles. The van der Waals surface area contributed by atoms with Gasteiger partial charge in [0.25, 0.3) is 5.91 Å². The van der Waals surface area contributed by atoms with Crippen LogP contribution in [0.4, 0.5) is 18.3 Å². The van der Waals surface area contributed by atoms with Gasteiger partial charge in [0.05, 0.1) is 7.11 Å². The van der Waals surface area contributed by atoms with Crippen LogP contribution in [0.2, 0.25) is 0 Å². The highest BCUT2D eigenvalue weighted by atomic mass is 32.1. The Kier molecular flexibility index (Phi) is 4.17. The number of hydrogen-bond donors (Lipinski definition) is 1. The van der Waals surface area contributed by atoms with Crippen molar-refractivity contribution in [3.63, 3.8) is 0 Å². The van der Waals surface area contributed by atoms with Gasteiger partial charge in [0.1, 0.15) is 5.75 Å². The molecule has 0 unspecified atom stereocenters. The van der Waals surface area contributed by atoms with Crippen molar-refractivity contribution in [3.8, 4) is 5.75 Å². The van der Waals surface area contributed by atoms with Crippen molar-refractivity contribution in [2.75, 3.05) is 12.4 Å². The average Bonchev–Trinajstić information content (AvgIpc) is 2.87. The molecule has 112 valence electrons. The summed E-state index contributed by atoms with van der Waals surface area (Å²) in [6.07, 6.45) is -4.52. The first-order valence-corrected chi connectivity index (χ1v) is 6.68. The largest absolute Gasteiger partial charge is 0.496 e. The summed E-state index contributed by atoms with van der Waals surface area (Å²) in [5.74, 6) is -0.0193. The molecule has 0 bridgehead atoms. The summed E-state index contributed by atoms with van der Waals surface area (Å²) >= 11 is 0.718. The molecule has 1 N–H and O–H groups in total. The van der Waals surface area contributed by atoms with E-state index in [1.807, 2.05) is 6.92 Å². The minimum absolute atomic E-state index is 0.105. The van der Waals surface area contributed by atoms with Crippen LogP contribution in [0.3, 0.4) is 0 Å². The fourth-order valence-corrected chi connectivity index (χ4v) is 2.30. The second-order valence-corrected chi connectivity index (χ2v) is 5.03. The first-order valence-electron chi connectivity index (χ1n) is 5.80. The van der Waals surface area contributed by atoms with E-state index in [1.54, 1.807) is 12.1 Å². The Labute approximate surface area is 122 Å². The topological polar surface area (TPSA) is 51.2 Å². The summed E-state index contributed by atoms with van der Waals surface area (Å²) in [6, 6.07) is 4.77. The lowest BCUT2D eigenvalue weighted by molar-refractivity contribution is -0.140. The number of methoxy groups -OCH3 is 1. The summed E-state index contributed by atoms with van der Waals surface area (Å²) < 4.78 is 42.4. The molecule has 0 atom stereocenters. The minimum Gasteiger partial charge on any atom is -0.496 e. The molecule has 8 heteroatoms. The Balaban J connectivity index is 2.16. The SMILES string of the molecule is COc1cc(C(=O)Nc2nc(C(F)(F)F)cs2)ccc1C. The van der Waals surface area contributed by atoms with Gasteiger partial charge in [-0.2, -0.15) is 13.2 Å². The summed E-state index contributed by atoms with van der Waals surface area (Å²) in [4.78, 5) is 15.3. The van der Waals surface area contributed by atoms with E-state index in [4.69, 9.17) is 4.74 Å². The number of halogens is 3. The van der Waals surface area contributed by atoms with E-state index in [9.17, 15) is 18.0 Å². The molecule has 2 rings (SSSR count). The maximum absolute atomic E-state index is 12.4. The van der Waals surface area contributed by atoms with Crippen LogP contribution in [-0.2, 0) is 6.18 Å². The van der Waals surface area contributed by atoms with Gasteiger partial charge < -0.3 is 4.74 Å². The molecule has 0 aliphatic heterocycles. The van der Waals surface area contributed by atoms with Gasteiger partial charge >= 0.3 is 6.18 Å². The van der Waals surface area contributed by atoms with E-state index < -0.39 is 17.8 Å². The van der Waals surface area contributed by atoms with Crippen molar-refractivity contribution in [2.24, 2.45) is 0 Å². The van der Waals surface area contributed by atoms with Crippen molar-refractivity contribution in [2.45, 2.75) is 13.1 Å². The first kappa shape index (κ1) is 15.3. The zero-order valence-electron chi connectivity index (χ0n) is 11.1. The summed E-state index contributed by atoms with van der Waals surface area (Å²) in [7, 11) is 1.47. The number of aryl methyl sites for hydroxylation is 1. The number of rotatable bonds is 3. The number of anilines is 1. The molecule has 0 radical (unpaired) electrons. The van der Waals surface area contributed by atoms with Crippen LogP contribution in [0.5, 0.6) is 5.75 Å². The Morgan fingerprint density at radius 3 is 2.67 bits per heavy atom. The number of nitrogens with zero attached hydrogens (tertiary/aromatic N) is 1. The highest BCUT2D eigenvalue weighted by Crippen LogP contribution is 2.31. The molecular formula is C13H11F3N2O2S. The highest BCUT2D eigenvalue weighted by molar-refractivity contribution is 7.14. The highest BCUT2D eigenvalue weighted by Gasteiger charge is 2.33. The maximum atomic E-state index is 12.4.